The number of amides is 1. The maximum atomic E-state index is 13.8. The highest BCUT2D eigenvalue weighted by Crippen LogP contribution is 2.22. The molecule has 2 N–H and O–H groups in total. The van der Waals surface area contributed by atoms with Gasteiger partial charge in [0.1, 0.15) is 16.5 Å². The van der Waals surface area contributed by atoms with E-state index in [9.17, 15) is 22.0 Å². The lowest BCUT2D eigenvalue weighted by molar-refractivity contribution is 0.0940. The Bertz CT molecular complexity index is 885. The minimum atomic E-state index is -4.40. The number of sulfonamides is 1. The van der Waals surface area contributed by atoms with E-state index in [4.69, 9.17) is 0 Å². The number of carbonyl (C=O) groups excluding carboxylic acids is 1. The van der Waals surface area contributed by atoms with Gasteiger partial charge in [-0.25, -0.2) is 17.2 Å². The van der Waals surface area contributed by atoms with Crippen molar-refractivity contribution >= 4 is 21.6 Å². The van der Waals surface area contributed by atoms with Gasteiger partial charge >= 0.3 is 0 Å². The van der Waals surface area contributed by atoms with Crippen molar-refractivity contribution in [1.29, 1.82) is 0 Å². The third-order valence-corrected chi connectivity index (χ3v) is 4.97. The van der Waals surface area contributed by atoms with Crippen LogP contribution in [-0.4, -0.2) is 20.4 Å². The summed E-state index contributed by atoms with van der Waals surface area (Å²) in [6.07, 6.45) is 0.703. The molecule has 134 valence electrons. The number of carbonyl (C=O) groups is 1. The molecule has 2 aromatic rings. The summed E-state index contributed by atoms with van der Waals surface area (Å²) in [5.41, 5.74) is 0.0650. The molecule has 0 radical (unpaired) electrons. The highest BCUT2D eigenvalue weighted by atomic mass is 32.2. The second kappa shape index (κ2) is 7.60. The zero-order valence-electron chi connectivity index (χ0n) is 13.7. The fourth-order valence-corrected chi connectivity index (χ4v) is 3.23. The van der Waals surface area contributed by atoms with E-state index in [0.29, 0.717) is 12.5 Å². The SMILES string of the molecule is CCC(C)NC(=O)c1ccccc1NS(=O)(=O)c1cc(F)ccc1F. The van der Waals surface area contributed by atoms with E-state index < -0.39 is 32.5 Å². The second-order valence-electron chi connectivity index (χ2n) is 5.51. The van der Waals surface area contributed by atoms with E-state index in [1.54, 1.807) is 6.07 Å². The Hall–Kier alpha value is -2.48. The summed E-state index contributed by atoms with van der Waals surface area (Å²) in [6.45, 7) is 3.71. The number of anilines is 1. The molecule has 2 aromatic carbocycles. The fraction of sp³-hybridized carbons (Fsp3) is 0.235. The highest BCUT2D eigenvalue weighted by Gasteiger charge is 2.22. The molecule has 5 nitrogen and oxygen atoms in total. The Labute approximate surface area is 145 Å². The van der Waals surface area contributed by atoms with Crippen molar-refractivity contribution in [2.45, 2.75) is 31.2 Å². The molecule has 0 saturated carbocycles. The Kier molecular flexibility index (Phi) is 5.73. The van der Waals surface area contributed by atoms with Crippen LogP contribution < -0.4 is 10.0 Å². The molecule has 0 heterocycles. The minimum absolute atomic E-state index is 0.0213. The zero-order valence-corrected chi connectivity index (χ0v) is 14.5. The average Bonchev–Trinajstić information content (AvgIpc) is 2.56. The van der Waals surface area contributed by atoms with Crippen molar-refractivity contribution in [2.24, 2.45) is 0 Å². The van der Waals surface area contributed by atoms with E-state index in [1.165, 1.54) is 18.2 Å². The summed E-state index contributed by atoms with van der Waals surface area (Å²) in [5, 5.41) is 2.72. The quantitative estimate of drug-likeness (QED) is 0.822. The number of hydrogen-bond acceptors (Lipinski definition) is 3. The Morgan fingerprint density at radius 1 is 1.16 bits per heavy atom. The maximum absolute atomic E-state index is 13.8. The van der Waals surface area contributed by atoms with Crippen LogP contribution >= 0.6 is 0 Å². The highest BCUT2D eigenvalue weighted by molar-refractivity contribution is 7.92. The minimum Gasteiger partial charge on any atom is -0.350 e. The van der Waals surface area contributed by atoms with Crippen LogP contribution in [-0.2, 0) is 10.0 Å². The predicted octanol–water partition coefficient (Wildman–Crippen LogP) is 3.29. The van der Waals surface area contributed by atoms with E-state index >= 15 is 0 Å². The monoisotopic (exact) mass is 368 g/mol. The number of hydrogen-bond donors (Lipinski definition) is 2. The van der Waals surface area contributed by atoms with Crippen molar-refractivity contribution < 1.29 is 22.0 Å². The van der Waals surface area contributed by atoms with Crippen LogP contribution in [0.15, 0.2) is 47.4 Å². The number of rotatable bonds is 6. The van der Waals surface area contributed by atoms with Crippen molar-refractivity contribution in [3.8, 4) is 0 Å². The van der Waals surface area contributed by atoms with Gasteiger partial charge in [0, 0.05) is 6.04 Å². The molecule has 2 rings (SSSR count). The molecular weight excluding hydrogens is 350 g/mol. The smallest absolute Gasteiger partial charge is 0.264 e. The Balaban J connectivity index is 2.37. The van der Waals surface area contributed by atoms with Gasteiger partial charge in [0.25, 0.3) is 15.9 Å². The predicted molar refractivity (Wildman–Crippen MR) is 90.8 cm³/mol. The molecule has 1 unspecified atom stereocenters. The normalized spacial score (nSPS) is 12.5. The molecule has 0 bridgehead atoms. The maximum Gasteiger partial charge on any atom is 0.264 e. The largest absolute Gasteiger partial charge is 0.350 e. The third kappa shape index (κ3) is 4.54. The molecular formula is C17H18F2N2O3S. The van der Waals surface area contributed by atoms with Gasteiger partial charge in [-0.05, 0) is 43.7 Å². The van der Waals surface area contributed by atoms with E-state index in [0.717, 1.165) is 12.1 Å². The van der Waals surface area contributed by atoms with Gasteiger partial charge in [-0.2, -0.15) is 0 Å². The Morgan fingerprint density at radius 3 is 2.52 bits per heavy atom. The lowest BCUT2D eigenvalue weighted by Crippen LogP contribution is -2.32. The summed E-state index contributed by atoms with van der Waals surface area (Å²) in [7, 11) is -4.40. The molecule has 0 aromatic heterocycles. The first-order valence-electron chi connectivity index (χ1n) is 7.62. The first kappa shape index (κ1) is 18.9. The topological polar surface area (TPSA) is 75.3 Å². The molecule has 1 amide bonds. The fourth-order valence-electron chi connectivity index (χ4n) is 2.06. The van der Waals surface area contributed by atoms with E-state index in [-0.39, 0.29) is 17.3 Å². The van der Waals surface area contributed by atoms with Crippen LogP contribution in [0, 0.1) is 11.6 Å². The average molecular weight is 368 g/mol. The van der Waals surface area contributed by atoms with Gasteiger partial charge in [-0.3, -0.25) is 9.52 Å². The van der Waals surface area contributed by atoms with Gasteiger partial charge in [0.05, 0.1) is 11.3 Å². The summed E-state index contributed by atoms with van der Waals surface area (Å²) >= 11 is 0. The molecule has 0 aliphatic carbocycles. The van der Waals surface area contributed by atoms with E-state index in [1.807, 2.05) is 13.8 Å². The van der Waals surface area contributed by atoms with E-state index in [2.05, 4.69) is 10.0 Å². The second-order valence-corrected chi connectivity index (χ2v) is 7.16. The van der Waals surface area contributed by atoms with Crippen LogP contribution in [0.1, 0.15) is 30.6 Å². The number of para-hydroxylation sites is 1. The third-order valence-electron chi connectivity index (χ3n) is 3.59. The van der Waals surface area contributed by atoms with Crippen LogP contribution in [0.3, 0.4) is 0 Å². The lowest BCUT2D eigenvalue weighted by Gasteiger charge is -2.15. The molecule has 0 spiro atoms. The molecule has 1 atom stereocenters. The number of halogens is 2. The first-order valence-corrected chi connectivity index (χ1v) is 9.10. The van der Waals surface area contributed by atoms with Crippen molar-refractivity contribution in [1.82, 2.24) is 5.32 Å². The van der Waals surface area contributed by atoms with Crippen LogP contribution in [0.4, 0.5) is 14.5 Å². The van der Waals surface area contributed by atoms with Crippen LogP contribution in [0.5, 0.6) is 0 Å². The summed E-state index contributed by atoms with van der Waals surface area (Å²) in [4.78, 5) is 11.5. The van der Waals surface area contributed by atoms with Crippen molar-refractivity contribution in [2.75, 3.05) is 4.72 Å². The van der Waals surface area contributed by atoms with Gasteiger partial charge in [-0.15, -0.1) is 0 Å². The summed E-state index contributed by atoms with van der Waals surface area (Å²) in [6, 6.07) is 7.95. The van der Waals surface area contributed by atoms with Gasteiger partial charge in [0.15, 0.2) is 0 Å². The number of benzene rings is 2. The standard InChI is InChI=1S/C17H18F2N2O3S/c1-3-11(2)20-17(22)13-6-4-5-7-15(13)21-25(23,24)16-10-12(18)8-9-14(16)19/h4-11,21H,3H2,1-2H3,(H,20,22). The van der Waals surface area contributed by atoms with Gasteiger partial charge in [-0.1, -0.05) is 19.1 Å². The Morgan fingerprint density at radius 2 is 1.84 bits per heavy atom. The number of nitrogens with one attached hydrogen (secondary N) is 2. The first-order chi connectivity index (χ1) is 11.7. The molecule has 0 aliphatic heterocycles. The summed E-state index contributed by atoms with van der Waals surface area (Å²) in [5.74, 6) is -2.44. The molecule has 8 heteroatoms. The van der Waals surface area contributed by atoms with Gasteiger partial charge < -0.3 is 5.32 Å². The van der Waals surface area contributed by atoms with Gasteiger partial charge in [0.2, 0.25) is 0 Å². The lowest BCUT2D eigenvalue weighted by atomic mass is 10.1. The molecule has 0 aliphatic rings. The van der Waals surface area contributed by atoms with Crippen LogP contribution in [0.25, 0.3) is 0 Å². The van der Waals surface area contributed by atoms with Crippen molar-refractivity contribution in [3.05, 3.63) is 59.7 Å². The van der Waals surface area contributed by atoms with Crippen molar-refractivity contribution in [3.63, 3.8) is 0 Å². The van der Waals surface area contributed by atoms with Crippen LogP contribution in [0.2, 0.25) is 0 Å². The molecule has 25 heavy (non-hydrogen) atoms. The summed E-state index contributed by atoms with van der Waals surface area (Å²) < 4.78 is 54.0. The molecule has 0 fully saturated rings. The zero-order chi connectivity index (χ0) is 18.6. The molecule has 0 saturated heterocycles.